The van der Waals surface area contributed by atoms with Crippen LogP contribution in [0.25, 0.3) is 24.3 Å². The Kier molecular flexibility index (Phi) is 6.53. The molecule has 0 nitrogen and oxygen atoms in total. The van der Waals surface area contributed by atoms with E-state index in [2.05, 4.69) is 123 Å². The Morgan fingerprint density at radius 3 is 0.667 bits per heavy atom. The first-order chi connectivity index (χ1) is 16.1. The van der Waals surface area contributed by atoms with Gasteiger partial charge >= 0.3 is 0 Å². The summed E-state index contributed by atoms with van der Waals surface area (Å²) < 4.78 is 0. The molecule has 0 amide bonds. The van der Waals surface area contributed by atoms with Gasteiger partial charge in [0.1, 0.15) is 0 Å². The lowest BCUT2D eigenvalue weighted by Crippen LogP contribution is -2.74. The van der Waals surface area contributed by atoms with E-state index in [1.165, 1.54) is 20.7 Å². The van der Waals surface area contributed by atoms with Gasteiger partial charge in [0.05, 0.1) is 0 Å². The third-order valence-corrected chi connectivity index (χ3v) is 11.1. The molecule has 0 radical (unpaired) electrons. The zero-order valence-corrected chi connectivity index (χ0v) is 19.9. The first-order valence-corrected chi connectivity index (χ1v) is 13.1. The summed E-state index contributed by atoms with van der Waals surface area (Å²) >= 11 is 0. The topological polar surface area (TPSA) is 0 Å². The molecular formula is C32H28Si. The van der Waals surface area contributed by atoms with E-state index in [1.54, 1.807) is 0 Å². The van der Waals surface area contributed by atoms with Crippen LogP contribution in [0.4, 0.5) is 0 Å². The molecule has 1 heteroatoms. The van der Waals surface area contributed by atoms with E-state index in [1.807, 2.05) is 24.3 Å². The maximum Gasteiger partial charge on any atom is 0.179 e. The molecule has 0 aliphatic heterocycles. The zero-order valence-electron chi connectivity index (χ0n) is 18.9. The first-order valence-electron chi connectivity index (χ1n) is 11.1. The molecule has 0 fully saturated rings. The molecule has 160 valence electrons. The van der Waals surface area contributed by atoms with Crippen LogP contribution in [0.1, 0.15) is 22.3 Å². The Bertz CT molecular complexity index is 1060. The second-order valence-electron chi connectivity index (χ2n) is 8.05. The van der Waals surface area contributed by atoms with E-state index >= 15 is 0 Å². The Balaban J connectivity index is 2.09. The maximum atomic E-state index is 3.94. The van der Waals surface area contributed by atoms with Gasteiger partial charge in [0.2, 0.25) is 0 Å². The number of rotatable bonds is 8. The average Bonchev–Trinajstić information content (AvgIpc) is 2.90. The normalized spacial score (nSPS) is 10.9. The van der Waals surface area contributed by atoms with Gasteiger partial charge in [0.25, 0.3) is 0 Å². The number of benzene rings is 4. The van der Waals surface area contributed by atoms with Gasteiger partial charge in [0, 0.05) is 0 Å². The Morgan fingerprint density at radius 2 is 0.515 bits per heavy atom. The minimum atomic E-state index is -2.58. The molecule has 4 aromatic rings. The molecule has 0 saturated heterocycles. The van der Waals surface area contributed by atoms with Crippen LogP contribution in [0.3, 0.4) is 0 Å². The van der Waals surface area contributed by atoms with Crippen LogP contribution in [0.2, 0.25) is 0 Å². The fourth-order valence-electron chi connectivity index (χ4n) is 4.48. The van der Waals surface area contributed by atoms with Crippen molar-refractivity contribution >= 4 is 53.1 Å². The smallest absolute Gasteiger partial charge is 0.0985 e. The van der Waals surface area contributed by atoms with Gasteiger partial charge in [-0.2, -0.15) is 0 Å². The van der Waals surface area contributed by atoms with E-state index in [4.69, 9.17) is 0 Å². The van der Waals surface area contributed by atoms with E-state index in [0.29, 0.717) is 0 Å². The van der Waals surface area contributed by atoms with Gasteiger partial charge in [-0.15, -0.1) is 0 Å². The standard InChI is InChI=1S/C32H28Si/c1-5-25-9-17-29(18-10-25)33(30-19-11-26(6-2)12-20-30,31-21-13-27(7-3)14-22-31)32-23-15-28(8-4)16-24-32/h5-24H,1-4H2. The van der Waals surface area contributed by atoms with Crippen molar-refractivity contribution in [3.8, 4) is 0 Å². The summed E-state index contributed by atoms with van der Waals surface area (Å²) in [6, 6.07) is 35.5. The van der Waals surface area contributed by atoms with Gasteiger partial charge in [-0.05, 0) is 43.0 Å². The molecular weight excluding hydrogens is 412 g/mol. The van der Waals surface area contributed by atoms with E-state index < -0.39 is 8.07 Å². The van der Waals surface area contributed by atoms with Gasteiger partial charge in [-0.25, -0.2) is 0 Å². The summed E-state index contributed by atoms with van der Waals surface area (Å²) in [6.45, 7) is 15.8. The van der Waals surface area contributed by atoms with Crippen LogP contribution in [0.15, 0.2) is 123 Å². The Labute approximate surface area is 198 Å². The lowest BCUT2D eigenvalue weighted by molar-refractivity contribution is 1.62. The predicted molar refractivity (Wildman–Crippen MR) is 150 cm³/mol. The lowest BCUT2D eigenvalue weighted by atomic mass is 10.2. The SMILES string of the molecule is C=Cc1ccc([Si](c2ccc(C=C)cc2)(c2ccc(C=C)cc2)c2ccc(C=C)cc2)cc1. The molecule has 0 bridgehead atoms. The molecule has 0 saturated carbocycles. The highest BCUT2D eigenvalue weighted by atomic mass is 28.3. The average molecular weight is 441 g/mol. The summed E-state index contributed by atoms with van der Waals surface area (Å²) in [5.74, 6) is 0. The van der Waals surface area contributed by atoms with Crippen LogP contribution in [-0.2, 0) is 0 Å². The predicted octanol–water partition coefficient (Wildman–Crippen LogP) is 5.64. The minimum absolute atomic E-state index is 1.12. The largest absolute Gasteiger partial charge is 0.179 e. The highest BCUT2D eigenvalue weighted by Gasteiger charge is 2.41. The molecule has 0 unspecified atom stereocenters. The molecule has 4 aromatic carbocycles. The molecule has 4 rings (SSSR count). The summed E-state index contributed by atoms with van der Waals surface area (Å²) in [7, 11) is -2.58. The van der Waals surface area contributed by atoms with Crippen molar-refractivity contribution in [2.24, 2.45) is 0 Å². The Hall–Kier alpha value is -3.94. The zero-order chi connectivity index (χ0) is 23.3. The van der Waals surface area contributed by atoms with Gasteiger partial charge < -0.3 is 0 Å². The molecule has 0 aromatic heterocycles. The fraction of sp³-hybridized carbons (Fsp3) is 0. The number of hydrogen-bond acceptors (Lipinski definition) is 0. The van der Waals surface area contributed by atoms with Crippen molar-refractivity contribution in [1.82, 2.24) is 0 Å². The molecule has 0 heterocycles. The van der Waals surface area contributed by atoms with Gasteiger partial charge in [0.15, 0.2) is 8.07 Å². The molecule has 33 heavy (non-hydrogen) atoms. The summed E-state index contributed by atoms with van der Waals surface area (Å²) in [6.07, 6.45) is 7.57. The molecule has 0 atom stereocenters. The Morgan fingerprint density at radius 1 is 0.333 bits per heavy atom. The van der Waals surface area contributed by atoms with Crippen LogP contribution in [0, 0.1) is 0 Å². The summed E-state index contributed by atoms with van der Waals surface area (Å²) in [4.78, 5) is 0. The maximum absolute atomic E-state index is 3.94. The van der Waals surface area contributed by atoms with Crippen LogP contribution in [-0.4, -0.2) is 8.07 Å². The number of hydrogen-bond donors (Lipinski definition) is 0. The fourth-order valence-corrected chi connectivity index (χ4v) is 9.14. The molecule has 0 aliphatic carbocycles. The van der Waals surface area contributed by atoms with Crippen LogP contribution >= 0.6 is 0 Å². The summed E-state index contributed by atoms with van der Waals surface area (Å²) in [5, 5.41) is 5.32. The lowest BCUT2D eigenvalue weighted by Gasteiger charge is -2.34. The van der Waals surface area contributed by atoms with Crippen molar-refractivity contribution in [3.63, 3.8) is 0 Å². The van der Waals surface area contributed by atoms with Crippen molar-refractivity contribution in [1.29, 1.82) is 0 Å². The highest BCUT2D eigenvalue weighted by Crippen LogP contribution is 2.14. The van der Waals surface area contributed by atoms with Crippen molar-refractivity contribution in [2.45, 2.75) is 0 Å². The van der Waals surface area contributed by atoms with Crippen molar-refractivity contribution < 1.29 is 0 Å². The van der Waals surface area contributed by atoms with E-state index in [9.17, 15) is 0 Å². The van der Waals surface area contributed by atoms with Crippen LogP contribution in [0.5, 0.6) is 0 Å². The summed E-state index contributed by atoms with van der Waals surface area (Å²) in [5.41, 5.74) is 4.47. The third kappa shape index (κ3) is 4.11. The first kappa shape index (κ1) is 22.3. The third-order valence-electron chi connectivity index (χ3n) is 6.32. The molecule has 0 aliphatic rings. The highest BCUT2D eigenvalue weighted by molar-refractivity contribution is 7.19. The van der Waals surface area contributed by atoms with Gasteiger partial charge in [-0.3, -0.25) is 0 Å². The monoisotopic (exact) mass is 440 g/mol. The minimum Gasteiger partial charge on any atom is -0.0985 e. The van der Waals surface area contributed by atoms with Gasteiger partial charge in [-0.1, -0.05) is 148 Å². The molecule has 0 spiro atoms. The second-order valence-corrected chi connectivity index (χ2v) is 11.9. The van der Waals surface area contributed by atoms with E-state index in [0.717, 1.165) is 22.3 Å². The molecule has 0 N–H and O–H groups in total. The van der Waals surface area contributed by atoms with E-state index in [-0.39, 0.29) is 0 Å². The van der Waals surface area contributed by atoms with Crippen molar-refractivity contribution in [3.05, 3.63) is 146 Å². The van der Waals surface area contributed by atoms with Crippen LogP contribution < -0.4 is 20.7 Å². The van der Waals surface area contributed by atoms with Crippen molar-refractivity contribution in [2.75, 3.05) is 0 Å². The second kappa shape index (κ2) is 9.68. The quantitative estimate of drug-likeness (QED) is 0.246.